The molecule has 0 aliphatic heterocycles. The molecule has 0 aromatic heterocycles. The molecule has 19 heavy (non-hydrogen) atoms. The zero-order chi connectivity index (χ0) is 13.5. The molecule has 2 nitrogen and oxygen atoms in total. The van der Waals surface area contributed by atoms with E-state index in [-0.39, 0.29) is 0 Å². The van der Waals surface area contributed by atoms with Crippen LogP contribution in [0.5, 0.6) is 11.5 Å². The molecular formula is C17H17NO. The van der Waals surface area contributed by atoms with Crippen molar-refractivity contribution in [3.8, 4) is 11.5 Å². The van der Waals surface area contributed by atoms with Crippen LogP contribution in [-0.4, -0.2) is 6.54 Å². The van der Waals surface area contributed by atoms with E-state index in [1.165, 1.54) is 0 Å². The van der Waals surface area contributed by atoms with Crippen LogP contribution in [0.2, 0.25) is 0 Å². The third-order valence-corrected chi connectivity index (χ3v) is 2.64. The fraction of sp³-hybridized carbons (Fsp3) is 0.0588. The van der Waals surface area contributed by atoms with E-state index < -0.39 is 0 Å². The molecule has 0 radical (unpaired) electrons. The van der Waals surface area contributed by atoms with E-state index >= 15 is 0 Å². The van der Waals surface area contributed by atoms with Crippen molar-refractivity contribution in [3.63, 3.8) is 0 Å². The summed E-state index contributed by atoms with van der Waals surface area (Å²) in [7, 11) is 0. The summed E-state index contributed by atoms with van der Waals surface area (Å²) in [4.78, 5) is 0. The van der Waals surface area contributed by atoms with Gasteiger partial charge in [0.05, 0.1) is 0 Å². The number of para-hydroxylation sites is 1. The molecule has 0 amide bonds. The summed E-state index contributed by atoms with van der Waals surface area (Å²) in [6, 6.07) is 17.6. The van der Waals surface area contributed by atoms with Crippen molar-refractivity contribution < 1.29 is 4.74 Å². The molecule has 0 unspecified atom stereocenters. The Kier molecular flexibility index (Phi) is 4.40. The van der Waals surface area contributed by atoms with Crippen LogP contribution >= 0.6 is 0 Å². The number of hydrogen-bond donors (Lipinski definition) is 1. The predicted molar refractivity (Wildman–Crippen MR) is 80.2 cm³/mol. The lowest BCUT2D eigenvalue weighted by molar-refractivity contribution is 0.482. The molecule has 1 N–H and O–H groups in total. The lowest BCUT2D eigenvalue weighted by atomic mass is 10.1. The van der Waals surface area contributed by atoms with E-state index in [2.05, 4.69) is 18.5 Å². The highest BCUT2D eigenvalue weighted by Gasteiger charge is 1.99. The normalized spacial score (nSPS) is 9.68. The maximum absolute atomic E-state index is 5.73. The zero-order valence-corrected chi connectivity index (χ0v) is 10.8. The molecule has 0 aliphatic carbocycles. The Balaban J connectivity index is 2.02. The minimum atomic E-state index is 0.709. The summed E-state index contributed by atoms with van der Waals surface area (Å²) in [6.45, 7) is 8.35. The summed E-state index contributed by atoms with van der Waals surface area (Å²) >= 11 is 0. The monoisotopic (exact) mass is 251 g/mol. The Morgan fingerprint density at radius 2 is 1.63 bits per heavy atom. The topological polar surface area (TPSA) is 21.3 Å². The minimum absolute atomic E-state index is 0.709. The molecule has 2 heteroatoms. The number of benzene rings is 2. The molecule has 0 bridgehead atoms. The molecule has 0 saturated heterocycles. The first-order valence-corrected chi connectivity index (χ1v) is 6.16. The van der Waals surface area contributed by atoms with E-state index in [0.29, 0.717) is 6.54 Å². The zero-order valence-electron chi connectivity index (χ0n) is 10.8. The lowest BCUT2D eigenvalue weighted by Gasteiger charge is -2.09. The first kappa shape index (κ1) is 13.0. The van der Waals surface area contributed by atoms with Gasteiger partial charge in [-0.1, -0.05) is 30.9 Å². The molecule has 2 aromatic carbocycles. The summed E-state index contributed by atoms with van der Waals surface area (Å²) < 4.78 is 5.73. The molecule has 0 aliphatic rings. The van der Waals surface area contributed by atoms with Gasteiger partial charge in [0.25, 0.3) is 0 Å². The Morgan fingerprint density at radius 3 is 2.26 bits per heavy atom. The van der Waals surface area contributed by atoms with E-state index in [0.717, 1.165) is 22.8 Å². The van der Waals surface area contributed by atoms with Gasteiger partial charge >= 0.3 is 0 Å². The maximum Gasteiger partial charge on any atom is 0.127 e. The summed E-state index contributed by atoms with van der Waals surface area (Å²) in [5.74, 6) is 1.64. The largest absolute Gasteiger partial charge is 0.457 e. The van der Waals surface area contributed by atoms with E-state index in [9.17, 15) is 0 Å². The molecule has 2 rings (SSSR count). The molecule has 0 saturated carbocycles. The van der Waals surface area contributed by atoms with Crippen molar-refractivity contribution in [2.24, 2.45) is 0 Å². The predicted octanol–water partition coefficient (Wildman–Crippen LogP) is 4.23. The van der Waals surface area contributed by atoms with Gasteiger partial charge in [0.15, 0.2) is 0 Å². The number of ether oxygens (including phenoxy) is 1. The van der Waals surface area contributed by atoms with Crippen molar-refractivity contribution in [1.29, 1.82) is 0 Å². The first-order valence-electron chi connectivity index (χ1n) is 6.16. The summed E-state index contributed by atoms with van der Waals surface area (Å²) in [5, 5.41) is 3.16. The SMILES string of the molecule is C=CCNC(=C)c1ccc(Oc2ccccc2)cc1. The van der Waals surface area contributed by atoms with Crippen molar-refractivity contribution >= 4 is 5.70 Å². The smallest absolute Gasteiger partial charge is 0.127 e. The van der Waals surface area contributed by atoms with Gasteiger partial charge in [0.2, 0.25) is 0 Å². The third-order valence-electron chi connectivity index (χ3n) is 2.64. The molecule has 96 valence electrons. The van der Waals surface area contributed by atoms with Crippen LogP contribution in [0.4, 0.5) is 0 Å². The Hall–Kier alpha value is -2.48. The van der Waals surface area contributed by atoms with Gasteiger partial charge in [-0.2, -0.15) is 0 Å². The van der Waals surface area contributed by atoms with Gasteiger partial charge in [0.1, 0.15) is 11.5 Å². The van der Waals surface area contributed by atoms with Gasteiger partial charge in [-0.15, -0.1) is 6.58 Å². The second-order valence-electron chi connectivity index (χ2n) is 4.09. The van der Waals surface area contributed by atoms with Crippen LogP contribution in [0.25, 0.3) is 5.70 Å². The van der Waals surface area contributed by atoms with Crippen LogP contribution in [-0.2, 0) is 0 Å². The van der Waals surface area contributed by atoms with Crippen LogP contribution in [0.15, 0.2) is 73.8 Å². The molecular weight excluding hydrogens is 234 g/mol. The molecule has 0 atom stereocenters. The van der Waals surface area contributed by atoms with Gasteiger partial charge in [-0.25, -0.2) is 0 Å². The van der Waals surface area contributed by atoms with Gasteiger partial charge in [0, 0.05) is 12.2 Å². The van der Waals surface area contributed by atoms with Crippen molar-refractivity contribution in [1.82, 2.24) is 5.32 Å². The van der Waals surface area contributed by atoms with E-state index in [1.807, 2.05) is 54.6 Å². The maximum atomic E-state index is 5.73. The van der Waals surface area contributed by atoms with Gasteiger partial charge < -0.3 is 10.1 Å². The number of rotatable bonds is 6. The molecule has 2 aromatic rings. The molecule has 0 heterocycles. The quantitative estimate of drug-likeness (QED) is 0.776. The van der Waals surface area contributed by atoms with Crippen molar-refractivity contribution in [2.45, 2.75) is 0 Å². The summed E-state index contributed by atoms with van der Waals surface area (Å²) in [6.07, 6.45) is 1.80. The van der Waals surface area contributed by atoms with Crippen LogP contribution < -0.4 is 10.1 Å². The average molecular weight is 251 g/mol. The average Bonchev–Trinajstić information content (AvgIpc) is 2.46. The first-order chi connectivity index (χ1) is 9.29. The van der Waals surface area contributed by atoms with Gasteiger partial charge in [-0.3, -0.25) is 0 Å². The summed E-state index contributed by atoms with van der Waals surface area (Å²) in [5.41, 5.74) is 1.92. The highest BCUT2D eigenvalue weighted by atomic mass is 16.5. The third kappa shape index (κ3) is 3.75. The Morgan fingerprint density at radius 1 is 1.00 bits per heavy atom. The van der Waals surface area contributed by atoms with E-state index in [4.69, 9.17) is 4.74 Å². The van der Waals surface area contributed by atoms with E-state index in [1.54, 1.807) is 6.08 Å². The van der Waals surface area contributed by atoms with Crippen molar-refractivity contribution in [2.75, 3.05) is 6.54 Å². The second kappa shape index (κ2) is 6.45. The van der Waals surface area contributed by atoms with Crippen LogP contribution in [0.3, 0.4) is 0 Å². The minimum Gasteiger partial charge on any atom is -0.457 e. The number of hydrogen-bond acceptors (Lipinski definition) is 2. The lowest BCUT2D eigenvalue weighted by Crippen LogP contribution is -2.10. The highest BCUT2D eigenvalue weighted by molar-refractivity contribution is 5.62. The fourth-order valence-electron chi connectivity index (χ4n) is 1.65. The second-order valence-corrected chi connectivity index (χ2v) is 4.09. The van der Waals surface area contributed by atoms with Crippen LogP contribution in [0, 0.1) is 0 Å². The highest BCUT2D eigenvalue weighted by Crippen LogP contribution is 2.22. The van der Waals surface area contributed by atoms with Gasteiger partial charge in [-0.05, 0) is 42.0 Å². The fourth-order valence-corrected chi connectivity index (χ4v) is 1.65. The Bertz CT molecular complexity index is 543. The Labute approximate surface area is 114 Å². The van der Waals surface area contributed by atoms with Crippen LogP contribution in [0.1, 0.15) is 5.56 Å². The standard InChI is InChI=1S/C17H17NO/c1-3-13-18-14(2)15-9-11-17(12-10-15)19-16-7-5-4-6-8-16/h3-12,18H,1-2,13H2. The number of nitrogens with one attached hydrogen (secondary N) is 1. The van der Waals surface area contributed by atoms with Crippen molar-refractivity contribution in [3.05, 3.63) is 79.4 Å². The molecule has 0 fully saturated rings. The molecule has 0 spiro atoms.